The summed E-state index contributed by atoms with van der Waals surface area (Å²) in [4.78, 5) is 33.6. The van der Waals surface area contributed by atoms with Crippen LogP contribution in [-0.4, -0.2) is 105 Å². The molecule has 0 aliphatic rings. The normalized spacial score (nSPS) is 11.4. The lowest BCUT2D eigenvalue weighted by atomic mass is 10.1. The topological polar surface area (TPSA) is 181 Å². The first-order valence-electron chi connectivity index (χ1n) is 18.6. The summed E-state index contributed by atoms with van der Waals surface area (Å²) >= 11 is 0. The third-order valence-electron chi connectivity index (χ3n) is 8.45. The van der Waals surface area contributed by atoms with E-state index in [-0.39, 0.29) is 36.1 Å². The van der Waals surface area contributed by atoms with Crippen LogP contribution in [0.15, 0.2) is 67.1 Å². The van der Waals surface area contributed by atoms with Gasteiger partial charge in [0.2, 0.25) is 0 Å². The molecule has 0 aliphatic carbocycles. The minimum atomic E-state index is -0.243. The number of aromatic nitrogens is 2. The molecule has 294 valence electrons. The smallest absolute Gasteiger partial charge is 0.305 e. The van der Waals surface area contributed by atoms with Crippen LogP contribution >= 0.6 is 0 Å². The number of carbonyl (C=O) groups is 2. The van der Waals surface area contributed by atoms with E-state index in [9.17, 15) is 9.59 Å². The molecule has 14 nitrogen and oxygen atoms in total. The maximum absolute atomic E-state index is 13.1. The number of carbonyl (C=O) groups excluding carboxylic acids is 2. The van der Waals surface area contributed by atoms with Gasteiger partial charge in [0.05, 0.1) is 52.7 Å². The third-order valence-corrected chi connectivity index (χ3v) is 8.45. The Morgan fingerprint density at radius 3 is 2.17 bits per heavy atom. The summed E-state index contributed by atoms with van der Waals surface area (Å²) in [6.45, 7) is 6.31. The van der Waals surface area contributed by atoms with Crippen molar-refractivity contribution < 1.29 is 33.3 Å². The van der Waals surface area contributed by atoms with E-state index in [1.165, 1.54) is 18.3 Å². The molecule has 1 heterocycles. The second kappa shape index (κ2) is 26.0. The second-order valence-electron chi connectivity index (χ2n) is 12.6. The van der Waals surface area contributed by atoms with Gasteiger partial charge in [-0.2, -0.15) is 0 Å². The lowest BCUT2D eigenvalue weighted by Crippen LogP contribution is -2.37. The number of likely N-dealkylation sites (N-methyl/N-ethyl adjacent to an activating group) is 1. The van der Waals surface area contributed by atoms with E-state index in [1.54, 1.807) is 37.5 Å². The van der Waals surface area contributed by atoms with Crippen molar-refractivity contribution in [3.8, 4) is 5.75 Å². The number of hydrogen-bond donors (Lipinski definition) is 4. The van der Waals surface area contributed by atoms with E-state index in [1.807, 2.05) is 37.3 Å². The molecule has 54 heavy (non-hydrogen) atoms. The number of nitrogens with one attached hydrogen (secondary N) is 4. The predicted octanol–water partition coefficient (Wildman–Crippen LogP) is 6.04. The molecule has 0 spiro atoms. The average Bonchev–Trinajstić information content (AvgIpc) is 3.20. The van der Waals surface area contributed by atoms with Crippen molar-refractivity contribution >= 4 is 29.2 Å². The van der Waals surface area contributed by atoms with Crippen molar-refractivity contribution in [2.24, 2.45) is 0 Å². The number of ether oxygens (including phenoxy) is 5. The number of benzene rings is 2. The molecule has 2 aromatic carbocycles. The second-order valence-corrected chi connectivity index (χ2v) is 12.6. The van der Waals surface area contributed by atoms with Crippen molar-refractivity contribution in [2.75, 3.05) is 72.3 Å². The van der Waals surface area contributed by atoms with Crippen LogP contribution in [0.1, 0.15) is 85.9 Å². The summed E-state index contributed by atoms with van der Waals surface area (Å²) < 4.78 is 27.4. The van der Waals surface area contributed by atoms with Gasteiger partial charge in [0.15, 0.2) is 5.84 Å². The largest absolute Gasteiger partial charge is 0.494 e. The molecule has 3 rings (SSSR count). The first-order chi connectivity index (χ1) is 26.3. The predicted molar refractivity (Wildman–Crippen MR) is 209 cm³/mol. The van der Waals surface area contributed by atoms with Gasteiger partial charge in [-0.1, -0.05) is 31.0 Å². The Morgan fingerprint density at radius 1 is 0.815 bits per heavy atom. The summed E-state index contributed by atoms with van der Waals surface area (Å²) in [6.07, 6.45) is 10.1. The number of hydrogen-bond acceptors (Lipinski definition) is 12. The minimum absolute atomic E-state index is 0.0919. The van der Waals surface area contributed by atoms with Gasteiger partial charge in [0.1, 0.15) is 23.6 Å². The van der Waals surface area contributed by atoms with Crippen molar-refractivity contribution in [3.05, 3.63) is 83.9 Å². The molecule has 1 unspecified atom stereocenters. The Kier molecular flexibility index (Phi) is 20.9. The highest BCUT2D eigenvalue weighted by atomic mass is 16.5. The summed E-state index contributed by atoms with van der Waals surface area (Å²) in [5.41, 5.74) is 2.54. The maximum atomic E-state index is 13.1. The van der Waals surface area contributed by atoms with Gasteiger partial charge in [-0.05, 0) is 81.0 Å². The first kappa shape index (κ1) is 43.5. The van der Waals surface area contributed by atoms with Crippen molar-refractivity contribution in [2.45, 2.75) is 64.3 Å². The van der Waals surface area contributed by atoms with E-state index in [0.29, 0.717) is 69.6 Å². The highest BCUT2D eigenvalue weighted by Gasteiger charge is 2.15. The van der Waals surface area contributed by atoms with Crippen LogP contribution in [-0.2, 0) is 23.7 Å². The Bertz CT molecular complexity index is 1560. The SMILES string of the molecule is COC(=O)CCCCCOCCOCCOCCCCCCOc1cccc(C(C)NC(=O)c2cccc(NCC(=N)N(C)C(=N)c3ccncn3)c2)c1. The maximum Gasteiger partial charge on any atom is 0.305 e. The summed E-state index contributed by atoms with van der Waals surface area (Å²) in [5, 5.41) is 22.9. The van der Waals surface area contributed by atoms with E-state index in [0.717, 1.165) is 56.3 Å². The quantitative estimate of drug-likeness (QED) is 0.0309. The zero-order valence-corrected chi connectivity index (χ0v) is 31.9. The zero-order valence-electron chi connectivity index (χ0n) is 31.9. The number of methoxy groups -OCH3 is 1. The molecule has 0 fully saturated rings. The highest BCUT2D eigenvalue weighted by Crippen LogP contribution is 2.21. The molecule has 1 aromatic heterocycles. The lowest BCUT2D eigenvalue weighted by molar-refractivity contribution is -0.140. The number of amides is 1. The zero-order chi connectivity index (χ0) is 38.8. The summed E-state index contributed by atoms with van der Waals surface area (Å²) in [6, 6.07) is 16.3. The fourth-order valence-corrected chi connectivity index (χ4v) is 5.19. The number of unbranched alkanes of at least 4 members (excludes halogenated alkanes) is 5. The Hall–Kier alpha value is -4.92. The van der Waals surface area contributed by atoms with Crippen LogP contribution in [0.5, 0.6) is 5.75 Å². The lowest BCUT2D eigenvalue weighted by Gasteiger charge is -2.21. The standard InChI is InChI=1S/C40H57N7O7/c1-31(46-40(49)33-14-11-15-34(27-33)44-29-37(41)47(2)39(42)36-18-19-43-30-45-36)32-13-12-16-35(28-32)54-22-10-5-4-8-20-51-23-25-53-26-24-52-21-9-6-7-17-38(48)50-3/h11-16,18-19,27-28,30-31,41-42,44H,4-10,17,20-26,29H2,1-3H3,(H,46,49). The minimum Gasteiger partial charge on any atom is -0.494 e. The molecule has 0 saturated heterocycles. The molecule has 14 heteroatoms. The fraction of sp³-hybridized carbons (Fsp3) is 0.500. The monoisotopic (exact) mass is 747 g/mol. The summed E-state index contributed by atoms with van der Waals surface area (Å²) in [7, 11) is 3.05. The number of amidine groups is 2. The van der Waals surface area contributed by atoms with E-state index in [4.69, 9.17) is 29.8 Å². The molecular weight excluding hydrogens is 690 g/mol. The molecule has 3 aromatic rings. The molecule has 0 bridgehead atoms. The number of rotatable bonds is 27. The Morgan fingerprint density at radius 2 is 1.48 bits per heavy atom. The van der Waals surface area contributed by atoms with Crippen LogP contribution < -0.4 is 15.4 Å². The van der Waals surface area contributed by atoms with Gasteiger partial charge in [-0.15, -0.1) is 0 Å². The first-order valence-corrected chi connectivity index (χ1v) is 18.6. The van der Waals surface area contributed by atoms with Gasteiger partial charge in [-0.3, -0.25) is 20.4 Å². The highest BCUT2D eigenvalue weighted by molar-refractivity contribution is 6.06. The van der Waals surface area contributed by atoms with Crippen molar-refractivity contribution in [1.29, 1.82) is 10.8 Å². The number of anilines is 1. The van der Waals surface area contributed by atoms with Gasteiger partial charge in [0, 0.05) is 44.1 Å². The van der Waals surface area contributed by atoms with Crippen LogP contribution in [0.3, 0.4) is 0 Å². The van der Waals surface area contributed by atoms with Crippen LogP contribution in [0.25, 0.3) is 0 Å². The van der Waals surface area contributed by atoms with E-state index in [2.05, 4.69) is 25.3 Å². The van der Waals surface area contributed by atoms with E-state index >= 15 is 0 Å². The van der Waals surface area contributed by atoms with Crippen molar-refractivity contribution in [1.82, 2.24) is 20.2 Å². The Balaban J connectivity index is 1.23. The van der Waals surface area contributed by atoms with Crippen LogP contribution in [0.2, 0.25) is 0 Å². The van der Waals surface area contributed by atoms with E-state index < -0.39 is 0 Å². The third kappa shape index (κ3) is 17.3. The van der Waals surface area contributed by atoms with Crippen LogP contribution in [0.4, 0.5) is 5.69 Å². The molecule has 1 atom stereocenters. The fourth-order valence-electron chi connectivity index (χ4n) is 5.19. The molecule has 0 aliphatic heterocycles. The van der Waals surface area contributed by atoms with Gasteiger partial charge < -0.3 is 39.2 Å². The number of esters is 1. The Labute approximate surface area is 319 Å². The summed E-state index contributed by atoms with van der Waals surface area (Å²) in [5.74, 6) is 0.654. The average molecular weight is 748 g/mol. The molecule has 1 amide bonds. The van der Waals surface area contributed by atoms with Crippen LogP contribution in [0, 0.1) is 10.8 Å². The molecule has 0 saturated carbocycles. The van der Waals surface area contributed by atoms with Gasteiger partial charge in [0.25, 0.3) is 5.91 Å². The molecule has 0 radical (unpaired) electrons. The number of nitrogens with zero attached hydrogens (tertiary/aromatic N) is 3. The molecule has 4 N–H and O–H groups in total. The molecular formula is C40H57N7O7. The van der Waals surface area contributed by atoms with Crippen molar-refractivity contribution in [3.63, 3.8) is 0 Å². The van der Waals surface area contributed by atoms with Gasteiger partial charge >= 0.3 is 5.97 Å². The van der Waals surface area contributed by atoms with Gasteiger partial charge in [-0.25, -0.2) is 9.97 Å².